The first-order valence-electron chi connectivity index (χ1n) is 8.76. The highest BCUT2D eigenvalue weighted by Crippen LogP contribution is 2.38. The van der Waals surface area contributed by atoms with Crippen molar-refractivity contribution in [3.63, 3.8) is 0 Å². The number of thiophene rings is 1. The minimum Gasteiger partial charge on any atom is -0.330 e. The molecule has 0 saturated heterocycles. The van der Waals surface area contributed by atoms with Crippen LogP contribution in [0.5, 0.6) is 0 Å². The molecule has 1 N–H and O–H groups in total. The first kappa shape index (κ1) is 17.2. The smallest absolute Gasteiger partial charge is 0.237 e. The van der Waals surface area contributed by atoms with Crippen molar-refractivity contribution in [1.82, 2.24) is 10.2 Å². The topological polar surface area (TPSA) is 32.3 Å². The molecule has 1 aliphatic rings. The third kappa shape index (κ3) is 3.40. The van der Waals surface area contributed by atoms with Crippen LogP contribution >= 0.6 is 11.3 Å². The SMILES string of the molecule is CCC(C)NCC(=O)N1CCc2sccc2C1c1ccccc1C. The van der Waals surface area contributed by atoms with E-state index in [1.54, 1.807) is 0 Å². The van der Waals surface area contributed by atoms with Gasteiger partial charge in [0.2, 0.25) is 5.91 Å². The number of fused-ring (bicyclic) bond motifs is 1. The van der Waals surface area contributed by atoms with E-state index >= 15 is 0 Å². The van der Waals surface area contributed by atoms with Crippen LogP contribution in [0.15, 0.2) is 35.7 Å². The molecule has 0 saturated carbocycles. The number of carbonyl (C=O) groups excluding carboxylic acids is 1. The highest BCUT2D eigenvalue weighted by molar-refractivity contribution is 7.10. The van der Waals surface area contributed by atoms with Gasteiger partial charge in [0.25, 0.3) is 0 Å². The quantitative estimate of drug-likeness (QED) is 0.893. The van der Waals surface area contributed by atoms with Crippen LogP contribution in [0.1, 0.15) is 47.9 Å². The fourth-order valence-electron chi connectivity index (χ4n) is 3.32. The number of hydrogen-bond acceptors (Lipinski definition) is 3. The van der Waals surface area contributed by atoms with E-state index in [1.807, 2.05) is 11.3 Å². The molecule has 2 atom stereocenters. The molecule has 3 nitrogen and oxygen atoms in total. The number of benzene rings is 1. The zero-order chi connectivity index (χ0) is 17.1. The molecule has 0 spiro atoms. The van der Waals surface area contributed by atoms with Gasteiger partial charge in [-0.15, -0.1) is 11.3 Å². The standard InChI is InChI=1S/C20H26N2OS/c1-4-15(3)21-13-19(23)22-11-9-18-17(10-12-24-18)20(22)16-8-6-5-7-14(16)2/h5-8,10,12,15,20-21H,4,9,11,13H2,1-3H3. The highest BCUT2D eigenvalue weighted by Gasteiger charge is 2.33. The van der Waals surface area contributed by atoms with Crippen molar-refractivity contribution >= 4 is 17.2 Å². The van der Waals surface area contributed by atoms with E-state index in [-0.39, 0.29) is 11.9 Å². The van der Waals surface area contributed by atoms with Gasteiger partial charge in [0, 0.05) is 17.5 Å². The van der Waals surface area contributed by atoms with Crippen molar-refractivity contribution in [3.05, 3.63) is 57.3 Å². The van der Waals surface area contributed by atoms with E-state index in [0.29, 0.717) is 12.6 Å². The molecule has 1 aromatic carbocycles. The Kier molecular flexibility index (Phi) is 5.36. The Balaban J connectivity index is 1.91. The second-order valence-electron chi connectivity index (χ2n) is 6.59. The van der Waals surface area contributed by atoms with Gasteiger partial charge in [0.05, 0.1) is 12.6 Å². The Morgan fingerprint density at radius 1 is 1.33 bits per heavy atom. The van der Waals surface area contributed by atoms with Gasteiger partial charge in [-0.3, -0.25) is 4.79 Å². The van der Waals surface area contributed by atoms with E-state index in [0.717, 1.165) is 19.4 Å². The van der Waals surface area contributed by atoms with Crippen molar-refractivity contribution in [1.29, 1.82) is 0 Å². The van der Waals surface area contributed by atoms with E-state index in [2.05, 4.69) is 66.7 Å². The number of nitrogens with one attached hydrogen (secondary N) is 1. The van der Waals surface area contributed by atoms with Gasteiger partial charge in [-0.05, 0) is 54.8 Å². The summed E-state index contributed by atoms with van der Waals surface area (Å²) in [5, 5.41) is 5.50. The van der Waals surface area contributed by atoms with Gasteiger partial charge in [0.1, 0.15) is 0 Å². The number of amides is 1. The zero-order valence-corrected chi connectivity index (χ0v) is 15.5. The lowest BCUT2D eigenvalue weighted by molar-refractivity contribution is -0.132. The molecule has 3 rings (SSSR count). The fraction of sp³-hybridized carbons (Fsp3) is 0.450. The molecule has 2 unspecified atom stereocenters. The second-order valence-corrected chi connectivity index (χ2v) is 7.59. The molecule has 2 heterocycles. The van der Waals surface area contributed by atoms with Gasteiger partial charge in [0.15, 0.2) is 0 Å². The molecule has 1 aromatic heterocycles. The van der Waals surface area contributed by atoms with E-state index in [9.17, 15) is 4.79 Å². The Morgan fingerprint density at radius 2 is 2.12 bits per heavy atom. The highest BCUT2D eigenvalue weighted by atomic mass is 32.1. The van der Waals surface area contributed by atoms with Gasteiger partial charge < -0.3 is 10.2 Å². The minimum absolute atomic E-state index is 0.0485. The summed E-state index contributed by atoms with van der Waals surface area (Å²) in [6.07, 6.45) is 1.99. The normalized spacial score (nSPS) is 18.3. The summed E-state index contributed by atoms with van der Waals surface area (Å²) in [5.41, 5.74) is 3.79. The van der Waals surface area contributed by atoms with E-state index < -0.39 is 0 Å². The lowest BCUT2D eigenvalue weighted by Crippen LogP contribution is -2.45. The van der Waals surface area contributed by atoms with Gasteiger partial charge in [-0.1, -0.05) is 31.2 Å². The average Bonchev–Trinajstić information content (AvgIpc) is 3.07. The first-order valence-corrected chi connectivity index (χ1v) is 9.64. The number of hydrogen-bond donors (Lipinski definition) is 1. The Hall–Kier alpha value is -1.65. The summed E-state index contributed by atoms with van der Waals surface area (Å²) >= 11 is 1.81. The number of carbonyl (C=O) groups is 1. The molecule has 2 aromatic rings. The fourth-order valence-corrected chi connectivity index (χ4v) is 4.23. The van der Waals surface area contributed by atoms with Crippen LogP contribution in [0.2, 0.25) is 0 Å². The predicted octanol–water partition coefficient (Wildman–Crippen LogP) is 3.92. The van der Waals surface area contributed by atoms with E-state index in [4.69, 9.17) is 0 Å². The third-order valence-electron chi connectivity index (χ3n) is 4.98. The molecule has 24 heavy (non-hydrogen) atoms. The van der Waals surface area contributed by atoms with Crippen LogP contribution in [-0.2, 0) is 11.2 Å². The van der Waals surface area contributed by atoms with Crippen LogP contribution in [-0.4, -0.2) is 29.9 Å². The average molecular weight is 343 g/mol. The first-order chi connectivity index (χ1) is 11.6. The molecule has 128 valence electrons. The maximum Gasteiger partial charge on any atom is 0.237 e. The van der Waals surface area contributed by atoms with Crippen LogP contribution in [0.25, 0.3) is 0 Å². The number of rotatable bonds is 5. The predicted molar refractivity (Wildman–Crippen MR) is 101 cm³/mol. The maximum absolute atomic E-state index is 12.9. The Labute approximate surface area is 148 Å². The molecule has 0 radical (unpaired) electrons. The Bertz CT molecular complexity index is 709. The monoisotopic (exact) mass is 342 g/mol. The third-order valence-corrected chi connectivity index (χ3v) is 5.98. The molecule has 0 aliphatic carbocycles. The molecular weight excluding hydrogens is 316 g/mol. The molecule has 1 aliphatic heterocycles. The summed E-state index contributed by atoms with van der Waals surface area (Å²) in [6.45, 7) is 7.61. The minimum atomic E-state index is 0.0485. The van der Waals surface area contributed by atoms with Crippen molar-refractivity contribution in [2.24, 2.45) is 0 Å². The van der Waals surface area contributed by atoms with Gasteiger partial charge in [-0.2, -0.15) is 0 Å². The summed E-state index contributed by atoms with van der Waals surface area (Å²) in [4.78, 5) is 16.4. The van der Waals surface area contributed by atoms with Crippen molar-refractivity contribution in [3.8, 4) is 0 Å². The molecule has 1 amide bonds. The van der Waals surface area contributed by atoms with Crippen LogP contribution < -0.4 is 5.32 Å². The Morgan fingerprint density at radius 3 is 2.88 bits per heavy atom. The lowest BCUT2D eigenvalue weighted by Gasteiger charge is -2.37. The van der Waals surface area contributed by atoms with Crippen molar-refractivity contribution < 1.29 is 4.79 Å². The van der Waals surface area contributed by atoms with Crippen LogP contribution in [0.3, 0.4) is 0 Å². The van der Waals surface area contributed by atoms with Crippen molar-refractivity contribution in [2.45, 2.75) is 45.7 Å². The van der Waals surface area contributed by atoms with Crippen LogP contribution in [0.4, 0.5) is 0 Å². The molecule has 4 heteroatoms. The zero-order valence-electron chi connectivity index (χ0n) is 14.7. The summed E-state index contributed by atoms with van der Waals surface area (Å²) in [7, 11) is 0. The molecular formula is C20H26N2OS. The van der Waals surface area contributed by atoms with Crippen LogP contribution in [0, 0.1) is 6.92 Å². The number of aryl methyl sites for hydroxylation is 1. The lowest BCUT2D eigenvalue weighted by atomic mass is 9.90. The summed E-state index contributed by atoms with van der Waals surface area (Å²) < 4.78 is 0. The van der Waals surface area contributed by atoms with Gasteiger partial charge in [-0.25, -0.2) is 0 Å². The van der Waals surface area contributed by atoms with E-state index in [1.165, 1.54) is 21.6 Å². The summed E-state index contributed by atoms with van der Waals surface area (Å²) in [5.74, 6) is 0.195. The second kappa shape index (κ2) is 7.49. The number of nitrogens with zero attached hydrogens (tertiary/aromatic N) is 1. The van der Waals surface area contributed by atoms with Gasteiger partial charge >= 0.3 is 0 Å². The molecule has 0 fully saturated rings. The largest absolute Gasteiger partial charge is 0.330 e. The summed E-state index contributed by atoms with van der Waals surface area (Å²) in [6, 6.07) is 11.0. The van der Waals surface area contributed by atoms with Crippen molar-refractivity contribution in [2.75, 3.05) is 13.1 Å². The molecule has 0 bridgehead atoms. The maximum atomic E-state index is 12.9.